The van der Waals surface area contributed by atoms with Crippen molar-refractivity contribution < 1.29 is 17.9 Å². The highest BCUT2D eigenvalue weighted by atomic mass is 32.2. The Morgan fingerprint density at radius 3 is 2.42 bits per heavy atom. The summed E-state index contributed by atoms with van der Waals surface area (Å²) >= 11 is 1.22. The molecule has 0 atom stereocenters. The highest BCUT2D eigenvalue weighted by Crippen LogP contribution is 2.22. The molecule has 26 heavy (non-hydrogen) atoms. The summed E-state index contributed by atoms with van der Waals surface area (Å²) < 4.78 is 31.9. The van der Waals surface area contributed by atoms with E-state index in [2.05, 4.69) is 5.32 Å². The van der Waals surface area contributed by atoms with Crippen molar-refractivity contribution in [2.24, 2.45) is 0 Å². The number of anilines is 1. The second-order valence-electron chi connectivity index (χ2n) is 5.89. The Kier molecular flexibility index (Phi) is 5.92. The smallest absolute Gasteiger partial charge is 0.252 e. The normalized spacial score (nSPS) is 16.3. The third-order valence-electron chi connectivity index (χ3n) is 4.16. The van der Waals surface area contributed by atoms with Crippen LogP contribution in [0.5, 0.6) is 5.75 Å². The summed E-state index contributed by atoms with van der Waals surface area (Å²) in [6.45, 7) is 2.06. The van der Waals surface area contributed by atoms with E-state index in [9.17, 15) is 13.2 Å². The third-order valence-corrected chi connectivity index (χ3v) is 7.43. The van der Waals surface area contributed by atoms with E-state index in [1.165, 1.54) is 15.6 Å². The van der Waals surface area contributed by atoms with E-state index in [-0.39, 0.29) is 12.5 Å². The van der Waals surface area contributed by atoms with Crippen molar-refractivity contribution >= 4 is 33.0 Å². The molecule has 2 aromatic rings. The Morgan fingerprint density at radius 2 is 1.85 bits per heavy atom. The number of nitrogens with one attached hydrogen (secondary N) is 1. The topological polar surface area (TPSA) is 79.0 Å². The van der Waals surface area contributed by atoms with Crippen molar-refractivity contribution in [3.05, 3.63) is 41.8 Å². The van der Waals surface area contributed by atoms with Gasteiger partial charge in [-0.15, -0.1) is 11.3 Å². The number of benzene rings is 1. The van der Waals surface area contributed by atoms with Crippen LogP contribution >= 0.6 is 11.3 Å². The van der Waals surface area contributed by atoms with Gasteiger partial charge >= 0.3 is 0 Å². The second kappa shape index (κ2) is 8.17. The van der Waals surface area contributed by atoms with Gasteiger partial charge in [-0.2, -0.15) is 4.31 Å². The predicted octanol–water partition coefficient (Wildman–Crippen LogP) is 1.70. The lowest BCUT2D eigenvalue weighted by Crippen LogP contribution is -2.50. The number of rotatable bonds is 6. The molecule has 3 rings (SSSR count). The molecule has 2 heterocycles. The molecule has 1 aliphatic rings. The maximum absolute atomic E-state index is 12.5. The van der Waals surface area contributed by atoms with Crippen LogP contribution in [0, 0.1) is 0 Å². The van der Waals surface area contributed by atoms with Gasteiger partial charge in [0.25, 0.3) is 10.0 Å². The van der Waals surface area contributed by atoms with Crippen molar-refractivity contribution in [2.75, 3.05) is 45.2 Å². The summed E-state index contributed by atoms with van der Waals surface area (Å²) in [5.74, 6) is 0.607. The van der Waals surface area contributed by atoms with Crippen LogP contribution in [0.1, 0.15) is 0 Å². The minimum atomic E-state index is -3.41. The number of thiophene rings is 1. The number of carbonyl (C=O) groups is 1. The Hall–Kier alpha value is -1.94. The van der Waals surface area contributed by atoms with Crippen LogP contribution in [-0.4, -0.2) is 63.4 Å². The standard InChI is InChI=1S/C17H21N3O4S2/c1-24-15-6-4-14(5-7-15)18-16(21)13-19-8-10-20(11-9-19)26(22,23)17-3-2-12-25-17/h2-7,12H,8-11,13H2,1H3,(H,18,21). The third kappa shape index (κ3) is 4.42. The Balaban J connectivity index is 1.49. The SMILES string of the molecule is COc1ccc(NC(=O)CN2CCN(S(=O)(=O)c3cccs3)CC2)cc1. The molecule has 7 nitrogen and oxygen atoms in total. The van der Waals surface area contributed by atoms with E-state index in [0.717, 1.165) is 5.75 Å². The average Bonchev–Trinajstić information content (AvgIpc) is 3.18. The number of amides is 1. The molecule has 1 aromatic carbocycles. The first-order valence-corrected chi connectivity index (χ1v) is 10.5. The van der Waals surface area contributed by atoms with Crippen LogP contribution in [0.15, 0.2) is 46.0 Å². The Bertz CT molecular complexity index is 827. The molecular weight excluding hydrogens is 374 g/mol. The van der Waals surface area contributed by atoms with Crippen molar-refractivity contribution in [3.8, 4) is 5.75 Å². The zero-order chi connectivity index (χ0) is 18.6. The van der Waals surface area contributed by atoms with Crippen LogP contribution in [0.3, 0.4) is 0 Å². The molecule has 0 unspecified atom stereocenters. The molecule has 1 amide bonds. The van der Waals surface area contributed by atoms with Gasteiger partial charge in [-0.25, -0.2) is 8.42 Å². The predicted molar refractivity (Wildman–Crippen MR) is 101 cm³/mol. The molecule has 1 fully saturated rings. The minimum absolute atomic E-state index is 0.121. The Labute approximate surface area is 157 Å². The number of ether oxygens (including phenoxy) is 1. The largest absolute Gasteiger partial charge is 0.497 e. The van der Waals surface area contributed by atoms with Gasteiger partial charge in [-0.05, 0) is 35.7 Å². The molecule has 9 heteroatoms. The minimum Gasteiger partial charge on any atom is -0.497 e. The molecule has 0 radical (unpaired) electrons. The number of piperazine rings is 1. The summed E-state index contributed by atoms with van der Waals surface area (Å²) in [7, 11) is -1.82. The first-order valence-electron chi connectivity index (χ1n) is 8.19. The van der Waals surface area contributed by atoms with Crippen LogP contribution in [0.2, 0.25) is 0 Å². The van der Waals surface area contributed by atoms with E-state index in [1.54, 1.807) is 48.9 Å². The first kappa shape index (κ1) is 18.8. The fraction of sp³-hybridized carbons (Fsp3) is 0.353. The lowest BCUT2D eigenvalue weighted by Gasteiger charge is -2.33. The van der Waals surface area contributed by atoms with Gasteiger partial charge in [0, 0.05) is 31.9 Å². The molecule has 1 aromatic heterocycles. The fourth-order valence-corrected chi connectivity index (χ4v) is 5.31. The van der Waals surface area contributed by atoms with Crippen LogP contribution in [0.4, 0.5) is 5.69 Å². The lowest BCUT2D eigenvalue weighted by molar-refractivity contribution is -0.117. The van der Waals surface area contributed by atoms with Crippen molar-refractivity contribution in [3.63, 3.8) is 0 Å². The van der Waals surface area contributed by atoms with Gasteiger partial charge in [0.2, 0.25) is 5.91 Å². The Morgan fingerprint density at radius 1 is 1.15 bits per heavy atom. The average molecular weight is 396 g/mol. The first-order chi connectivity index (χ1) is 12.5. The number of hydrogen-bond acceptors (Lipinski definition) is 6. The maximum atomic E-state index is 12.5. The zero-order valence-corrected chi connectivity index (χ0v) is 16.1. The van der Waals surface area contributed by atoms with Gasteiger partial charge in [-0.3, -0.25) is 9.69 Å². The van der Waals surface area contributed by atoms with Crippen molar-refractivity contribution in [2.45, 2.75) is 4.21 Å². The zero-order valence-electron chi connectivity index (χ0n) is 14.4. The van der Waals surface area contributed by atoms with E-state index in [4.69, 9.17) is 4.74 Å². The second-order valence-corrected chi connectivity index (χ2v) is 9.00. The molecule has 0 bridgehead atoms. The number of hydrogen-bond donors (Lipinski definition) is 1. The highest BCUT2D eigenvalue weighted by Gasteiger charge is 2.29. The molecule has 1 N–H and O–H groups in total. The number of sulfonamides is 1. The molecule has 1 aliphatic heterocycles. The summed E-state index contributed by atoms with van der Waals surface area (Å²) in [5.41, 5.74) is 0.703. The van der Waals surface area contributed by atoms with Gasteiger partial charge in [0.05, 0.1) is 13.7 Å². The molecule has 0 saturated carbocycles. The van der Waals surface area contributed by atoms with E-state index in [0.29, 0.717) is 36.1 Å². The summed E-state index contributed by atoms with van der Waals surface area (Å²) in [6, 6.07) is 10.5. The van der Waals surface area contributed by atoms with E-state index >= 15 is 0 Å². The van der Waals surface area contributed by atoms with E-state index < -0.39 is 10.0 Å². The highest BCUT2D eigenvalue weighted by molar-refractivity contribution is 7.91. The number of carbonyl (C=O) groups excluding carboxylic acids is 1. The monoisotopic (exact) mass is 395 g/mol. The summed E-state index contributed by atoms with van der Waals surface area (Å²) in [6.07, 6.45) is 0. The molecule has 1 saturated heterocycles. The maximum Gasteiger partial charge on any atom is 0.252 e. The van der Waals surface area contributed by atoms with Crippen molar-refractivity contribution in [1.82, 2.24) is 9.21 Å². The van der Waals surface area contributed by atoms with Crippen LogP contribution in [-0.2, 0) is 14.8 Å². The van der Waals surface area contributed by atoms with Crippen LogP contribution < -0.4 is 10.1 Å². The van der Waals surface area contributed by atoms with Gasteiger partial charge in [0.1, 0.15) is 9.96 Å². The molecular formula is C17H21N3O4S2. The fourth-order valence-electron chi connectivity index (χ4n) is 2.74. The number of nitrogens with zero attached hydrogens (tertiary/aromatic N) is 2. The lowest BCUT2D eigenvalue weighted by atomic mass is 10.3. The molecule has 0 aliphatic carbocycles. The van der Waals surface area contributed by atoms with E-state index in [1.807, 2.05) is 4.90 Å². The van der Waals surface area contributed by atoms with Gasteiger partial charge in [-0.1, -0.05) is 6.07 Å². The van der Waals surface area contributed by atoms with Crippen molar-refractivity contribution in [1.29, 1.82) is 0 Å². The molecule has 140 valence electrons. The summed E-state index contributed by atoms with van der Waals surface area (Å²) in [4.78, 5) is 14.1. The van der Waals surface area contributed by atoms with Crippen LogP contribution in [0.25, 0.3) is 0 Å². The summed E-state index contributed by atoms with van der Waals surface area (Å²) in [5, 5.41) is 4.59. The van der Waals surface area contributed by atoms with Gasteiger partial charge < -0.3 is 10.1 Å². The quantitative estimate of drug-likeness (QED) is 0.805. The number of methoxy groups -OCH3 is 1. The van der Waals surface area contributed by atoms with Gasteiger partial charge in [0.15, 0.2) is 0 Å². The molecule has 0 spiro atoms.